The lowest BCUT2D eigenvalue weighted by Gasteiger charge is -2.25. The van der Waals surface area contributed by atoms with Crippen LogP contribution < -0.4 is 10.6 Å². The van der Waals surface area contributed by atoms with Crippen LogP contribution in [0.25, 0.3) is 0 Å². The van der Waals surface area contributed by atoms with Gasteiger partial charge < -0.3 is 10.6 Å². The first-order valence-corrected chi connectivity index (χ1v) is 9.13. The summed E-state index contributed by atoms with van der Waals surface area (Å²) in [5.74, 6) is -0.222. The molecule has 2 N–H and O–H groups in total. The van der Waals surface area contributed by atoms with Crippen molar-refractivity contribution in [2.24, 2.45) is 5.41 Å². The van der Waals surface area contributed by atoms with E-state index in [1.807, 2.05) is 20.8 Å². The van der Waals surface area contributed by atoms with Gasteiger partial charge in [0.15, 0.2) is 0 Å². The van der Waals surface area contributed by atoms with Crippen LogP contribution in [-0.2, 0) is 9.59 Å². The maximum Gasteiger partial charge on any atom is 0.240 e. The van der Waals surface area contributed by atoms with Gasteiger partial charge in [-0.15, -0.1) is 0 Å². The van der Waals surface area contributed by atoms with Gasteiger partial charge in [-0.3, -0.25) is 9.59 Å². The maximum absolute atomic E-state index is 12.8. The summed E-state index contributed by atoms with van der Waals surface area (Å²) in [5, 5.41) is 6.15. The number of nitrogens with one attached hydrogen (secondary N) is 2. The summed E-state index contributed by atoms with van der Waals surface area (Å²) in [7, 11) is 0. The SMILES string of the molecule is Cc1cc(C)c(NC(=O)C2(C(=O)NC3CCCCC3)CC2)c(C)c1. The molecule has 0 aromatic heterocycles. The fourth-order valence-corrected chi connectivity index (χ4v) is 3.86. The van der Waals surface area contributed by atoms with Gasteiger partial charge in [-0.25, -0.2) is 0 Å². The number of benzene rings is 1. The van der Waals surface area contributed by atoms with Gasteiger partial charge in [0.05, 0.1) is 0 Å². The third kappa shape index (κ3) is 3.33. The van der Waals surface area contributed by atoms with Crippen molar-refractivity contribution in [2.75, 3.05) is 5.32 Å². The lowest BCUT2D eigenvalue weighted by atomic mass is 9.94. The Labute approximate surface area is 144 Å². The predicted molar refractivity (Wildman–Crippen MR) is 96.0 cm³/mol. The second-order valence-corrected chi connectivity index (χ2v) is 7.62. The van der Waals surface area contributed by atoms with Gasteiger partial charge in [0.1, 0.15) is 5.41 Å². The summed E-state index contributed by atoms with van der Waals surface area (Å²) in [4.78, 5) is 25.5. The number of carbonyl (C=O) groups is 2. The van der Waals surface area contributed by atoms with Crippen molar-refractivity contribution >= 4 is 17.5 Å². The lowest BCUT2D eigenvalue weighted by molar-refractivity contribution is -0.135. The third-order valence-corrected chi connectivity index (χ3v) is 5.48. The minimum atomic E-state index is -0.846. The highest BCUT2D eigenvalue weighted by Crippen LogP contribution is 2.47. The fraction of sp³-hybridized carbons (Fsp3) is 0.600. The molecule has 2 aliphatic rings. The van der Waals surface area contributed by atoms with Crippen molar-refractivity contribution in [3.63, 3.8) is 0 Å². The van der Waals surface area contributed by atoms with Crippen LogP contribution >= 0.6 is 0 Å². The van der Waals surface area contributed by atoms with E-state index in [0.29, 0.717) is 12.8 Å². The molecule has 0 spiro atoms. The molecule has 0 bridgehead atoms. The highest BCUT2D eigenvalue weighted by atomic mass is 16.2. The molecule has 2 aliphatic carbocycles. The van der Waals surface area contributed by atoms with Gasteiger partial charge in [0.25, 0.3) is 0 Å². The average molecular weight is 328 g/mol. The fourth-order valence-electron chi connectivity index (χ4n) is 3.86. The van der Waals surface area contributed by atoms with Gasteiger partial charge >= 0.3 is 0 Å². The first-order valence-electron chi connectivity index (χ1n) is 9.13. The van der Waals surface area contributed by atoms with Crippen LogP contribution in [0.5, 0.6) is 0 Å². The molecule has 0 heterocycles. The van der Waals surface area contributed by atoms with Gasteiger partial charge in [0, 0.05) is 11.7 Å². The standard InChI is InChI=1S/C20H28N2O2/c1-13-11-14(2)17(15(3)12-13)22-19(24)20(9-10-20)18(23)21-16-7-5-4-6-8-16/h11-12,16H,4-10H2,1-3H3,(H,21,23)(H,22,24). The molecule has 0 unspecified atom stereocenters. The van der Waals surface area contributed by atoms with E-state index < -0.39 is 5.41 Å². The molecular formula is C20H28N2O2. The van der Waals surface area contributed by atoms with E-state index >= 15 is 0 Å². The van der Waals surface area contributed by atoms with Crippen molar-refractivity contribution in [3.05, 3.63) is 28.8 Å². The third-order valence-electron chi connectivity index (χ3n) is 5.48. The molecule has 130 valence electrons. The Hall–Kier alpha value is -1.84. The van der Waals surface area contributed by atoms with Crippen LogP contribution in [0.4, 0.5) is 5.69 Å². The Morgan fingerprint density at radius 2 is 1.54 bits per heavy atom. The average Bonchev–Trinajstić information content (AvgIpc) is 3.33. The van der Waals surface area contributed by atoms with Crippen LogP contribution in [0.2, 0.25) is 0 Å². The molecule has 0 radical (unpaired) electrons. The Kier molecular flexibility index (Phi) is 4.66. The molecule has 4 heteroatoms. The summed E-state index contributed by atoms with van der Waals surface area (Å²) < 4.78 is 0. The van der Waals surface area contributed by atoms with E-state index in [9.17, 15) is 9.59 Å². The van der Waals surface area contributed by atoms with E-state index in [2.05, 4.69) is 22.8 Å². The molecule has 1 aromatic carbocycles. The first-order chi connectivity index (χ1) is 11.4. The van der Waals surface area contributed by atoms with E-state index in [4.69, 9.17) is 0 Å². The van der Waals surface area contributed by atoms with Gasteiger partial charge in [-0.2, -0.15) is 0 Å². The van der Waals surface area contributed by atoms with Gasteiger partial charge in [0.2, 0.25) is 11.8 Å². The quantitative estimate of drug-likeness (QED) is 0.826. The molecule has 1 aromatic rings. The van der Waals surface area contributed by atoms with E-state index in [1.54, 1.807) is 0 Å². The highest BCUT2D eigenvalue weighted by molar-refractivity contribution is 6.13. The Bertz CT molecular complexity index is 633. The topological polar surface area (TPSA) is 58.2 Å². The van der Waals surface area contributed by atoms with Crippen molar-refractivity contribution in [3.8, 4) is 0 Å². The van der Waals surface area contributed by atoms with Crippen LogP contribution in [0.3, 0.4) is 0 Å². The van der Waals surface area contributed by atoms with E-state index in [-0.39, 0.29) is 17.9 Å². The number of rotatable bonds is 4. The number of anilines is 1. The maximum atomic E-state index is 12.8. The Morgan fingerprint density at radius 1 is 0.958 bits per heavy atom. The number of carbonyl (C=O) groups excluding carboxylic acids is 2. The molecule has 3 rings (SSSR count). The molecule has 2 saturated carbocycles. The number of hydrogen-bond acceptors (Lipinski definition) is 2. The second-order valence-electron chi connectivity index (χ2n) is 7.62. The van der Waals surface area contributed by atoms with E-state index in [0.717, 1.165) is 29.7 Å². The molecule has 24 heavy (non-hydrogen) atoms. The van der Waals surface area contributed by atoms with Crippen LogP contribution in [-0.4, -0.2) is 17.9 Å². The zero-order valence-electron chi connectivity index (χ0n) is 15.0. The van der Waals surface area contributed by atoms with Crippen molar-refractivity contribution in [1.82, 2.24) is 5.32 Å². The van der Waals surface area contributed by atoms with E-state index in [1.165, 1.54) is 24.8 Å². The number of amides is 2. The minimum Gasteiger partial charge on any atom is -0.352 e. The van der Waals surface area contributed by atoms with Crippen molar-refractivity contribution in [1.29, 1.82) is 0 Å². The van der Waals surface area contributed by atoms with Crippen LogP contribution in [0, 0.1) is 26.2 Å². The number of hydrogen-bond donors (Lipinski definition) is 2. The van der Waals surface area contributed by atoms with Crippen LogP contribution in [0.1, 0.15) is 61.6 Å². The number of aryl methyl sites for hydroxylation is 3. The first kappa shape index (κ1) is 17.0. The molecule has 0 aliphatic heterocycles. The Balaban J connectivity index is 1.69. The summed E-state index contributed by atoms with van der Waals surface area (Å²) in [6.45, 7) is 6.04. The van der Waals surface area contributed by atoms with Gasteiger partial charge in [-0.1, -0.05) is 37.0 Å². The van der Waals surface area contributed by atoms with Gasteiger partial charge in [-0.05, 0) is 57.6 Å². The second kappa shape index (κ2) is 6.58. The predicted octanol–water partition coefficient (Wildman–Crippen LogP) is 3.78. The molecule has 2 fully saturated rings. The normalized spacial score (nSPS) is 19.6. The molecule has 0 saturated heterocycles. The molecule has 2 amide bonds. The molecule has 0 atom stereocenters. The Morgan fingerprint density at radius 3 is 2.08 bits per heavy atom. The minimum absolute atomic E-state index is 0.0747. The highest BCUT2D eigenvalue weighted by Gasteiger charge is 2.56. The summed E-state index contributed by atoms with van der Waals surface area (Å²) in [6.07, 6.45) is 6.99. The molecule has 4 nitrogen and oxygen atoms in total. The van der Waals surface area contributed by atoms with Crippen LogP contribution in [0.15, 0.2) is 12.1 Å². The van der Waals surface area contributed by atoms with Crippen molar-refractivity contribution in [2.45, 2.75) is 71.8 Å². The lowest BCUT2D eigenvalue weighted by Crippen LogP contribution is -2.45. The largest absolute Gasteiger partial charge is 0.352 e. The molecular weight excluding hydrogens is 300 g/mol. The zero-order chi connectivity index (χ0) is 17.3. The summed E-state index contributed by atoms with van der Waals surface area (Å²) in [6, 6.07) is 4.37. The monoisotopic (exact) mass is 328 g/mol. The summed E-state index contributed by atoms with van der Waals surface area (Å²) in [5.41, 5.74) is 3.27. The smallest absolute Gasteiger partial charge is 0.240 e. The van der Waals surface area contributed by atoms with Crippen molar-refractivity contribution < 1.29 is 9.59 Å². The summed E-state index contributed by atoms with van der Waals surface area (Å²) >= 11 is 0. The zero-order valence-corrected chi connectivity index (χ0v) is 15.0.